The second-order valence-electron chi connectivity index (χ2n) is 4.25. The van der Waals surface area contributed by atoms with Gasteiger partial charge in [-0.05, 0) is 23.3 Å². The maximum atomic E-state index is 9.32. The Bertz CT molecular complexity index is 560. The van der Waals surface area contributed by atoms with Gasteiger partial charge in [-0.25, -0.2) is 0 Å². The molecular weight excluding hydrogens is 236 g/mol. The van der Waals surface area contributed by atoms with Crippen molar-refractivity contribution in [3.05, 3.63) is 65.7 Å². The smallest absolute Gasteiger partial charge is 0.140 e. The molecule has 1 atom stereocenters. The summed E-state index contributed by atoms with van der Waals surface area (Å²) >= 11 is 0. The lowest BCUT2D eigenvalue weighted by Gasteiger charge is -2.14. The number of hydrogen-bond donors (Lipinski definition) is 1. The van der Waals surface area contributed by atoms with Crippen LogP contribution in [0.1, 0.15) is 17.2 Å². The van der Waals surface area contributed by atoms with E-state index in [1.807, 2.05) is 54.6 Å². The molecule has 0 bridgehead atoms. The molecule has 0 aromatic heterocycles. The summed E-state index contributed by atoms with van der Waals surface area (Å²) in [5.74, 6) is 0. The Hall–Kier alpha value is -2.31. The molecule has 0 aliphatic carbocycles. The Morgan fingerprint density at radius 1 is 1.16 bits per heavy atom. The van der Waals surface area contributed by atoms with Crippen molar-refractivity contribution in [1.29, 1.82) is 5.26 Å². The van der Waals surface area contributed by atoms with Crippen molar-refractivity contribution >= 4 is 5.69 Å². The van der Waals surface area contributed by atoms with Gasteiger partial charge in [-0.2, -0.15) is 5.26 Å². The highest BCUT2D eigenvalue weighted by atomic mass is 16.5. The van der Waals surface area contributed by atoms with Crippen LogP contribution in [0.2, 0.25) is 0 Å². The molecule has 1 unspecified atom stereocenters. The zero-order valence-electron chi connectivity index (χ0n) is 10.8. The average Bonchev–Trinajstić information content (AvgIpc) is 2.46. The predicted octanol–water partition coefficient (Wildman–Crippen LogP) is 3.51. The van der Waals surface area contributed by atoms with Gasteiger partial charge in [0.05, 0.1) is 12.7 Å². The van der Waals surface area contributed by atoms with Gasteiger partial charge in [0.15, 0.2) is 0 Å². The largest absolute Gasteiger partial charge is 0.380 e. The van der Waals surface area contributed by atoms with Gasteiger partial charge < -0.3 is 10.1 Å². The fourth-order valence-electron chi connectivity index (χ4n) is 1.92. The first-order valence-electron chi connectivity index (χ1n) is 6.12. The van der Waals surface area contributed by atoms with E-state index in [9.17, 15) is 5.26 Å². The van der Waals surface area contributed by atoms with Gasteiger partial charge in [0, 0.05) is 12.8 Å². The third-order valence-corrected chi connectivity index (χ3v) is 2.81. The van der Waals surface area contributed by atoms with E-state index in [1.165, 1.54) is 0 Å². The average molecular weight is 252 g/mol. The molecule has 0 saturated carbocycles. The predicted molar refractivity (Wildman–Crippen MR) is 75.6 cm³/mol. The number of benzene rings is 2. The minimum Gasteiger partial charge on any atom is -0.380 e. The lowest BCUT2D eigenvalue weighted by atomic mass is 10.0. The maximum Gasteiger partial charge on any atom is 0.140 e. The highest BCUT2D eigenvalue weighted by molar-refractivity contribution is 5.47. The highest BCUT2D eigenvalue weighted by Gasteiger charge is 2.10. The molecule has 0 aliphatic heterocycles. The van der Waals surface area contributed by atoms with Gasteiger partial charge in [0.25, 0.3) is 0 Å². The second-order valence-corrected chi connectivity index (χ2v) is 4.25. The molecule has 19 heavy (non-hydrogen) atoms. The van der Waals surface area contributed by atoms with Crippen LogP contribution in [0.5, 0.6) is 0 Å². The minimum absolute atomic E-state index is 0.362. The number of rotatable bonds is 5. The third-order valence-electron chi connectivity index (χ3n) is 2.81. The van der Waals surface area contributed by atoms with E-state index in [2.05, 4.69) is 11.4 Å². The van der Waals surface area contributed by atoms with Crippen LogP contribution in [0, 0.1) is 11.3 Å². The van der Waals surface area contributed by atoms with Crippen LogP contribution >= 0.6 is 0 Å². The van der Waals surface area contributed by atoms with Crippen molar-refractivity contribution in [2.24, 2.45) is 0 Å². The number of nitrogens with one attached hydrogen (secondary N) is 1. The standard InChI is InChI=1S/C16H16N2O/c1-19-12-13-6-5-7-14(10-13)16(11-17)18-15-8-3-2-4-9-15/h2-10,16,18H,12H2,1H3. The molecule has 96 valence electrons. The molecule has 3 nitrogen and oxygen atoms in total. The molecule has 2 aromatic carbocycles. The Balaban J connectivity index is 2.18. The lowest BCUT2D eigenvalue weighted by molar-refractivity contribution is 0.185. The van der Waals surface area contributed by atoms with Gasteiger partial charge >= 0.3 is 0 Å². The minimum atomic E-state index is -0.362. The summed E-state index contributed by atoms with van der Waals surface area (Å²) in [7, 11) is 1.66. The van der Waals surface area contributed by atoms with Crippen molar-refractivity contribution in [2.45, 2.75) is 12.6 Å². The third kappa shape index (κ3) is 3.57. The number of hydrogen-bond acceptors (Lipinski definition) is 3. The summed E-state index contributed by atoms with van der Waals surface area (Å²) in [4.78, 5) is 0. The monoisotopic (exact) mass is 252 g/mol. The van der Waals surface area contributed by atoms with Crippen molar-refractivity contribution in [2.75, 3.05) is 12.4 Å². The van der Waals surface area contributed by atoms with Gasteiger partial charge in [-0.1, -0.05) is 42.5 Å². The van der Waals surface area contributed by atoms with E-state index in [-0.39, 0.29) is 6.04 Å². The van der Waals surface area contributed by atoms with Crippen molar-refractivity contribution in [3.63, 3.8) is 0 Å². The summed E-state index contributed by atoms with van der Waals surface area (Å²) < 4.78 is 5.11. The first kappa shape index (κ1) is 13.1. The van der Waals surface area contributed by atoms with E-state index in [0.29, 0.717) is 6.61 Å². The van der Waals surface area contributed by atoms with Crippen LogP contribution in [0.25, 0.3) is 0 Å². The van der Waals surface area contributed by atoms with E-state index >= 15 is 0 Å². The first-order valence-corrected chi connectivity index (χ1v) is 6.12. The van der Waals surface area contributed by atoms with Gasteiger partial charge in [-0.3, -0.25) is 0 Å². The summed E-state index contributed by atoms with van der Waals surface area (Å²) in [5, 5.41) is 12.5. The van der Waals surface area contributed by atoms with Crippen LogP contribution in [0.4, 0.5) is 5.69 Å². The Morgan fingerprint density at radius 3 is 2.63 bits per heavy atom. The van der Waals surface area contributed by atoms with Crippen molar-refractivity contribution in [1.82, 2.24) is 0 Å². The van der Waals surface area contributed by atoms with Gasteiger partial charge in [0.1, 0.15) is 6.04 Å². The summed E-state index contributed by atoms with van der Waals surface area (Å²) in [5.41, 5.74) is 2.95. The fraction of sp³-hybridized carbons (Fsp3) is 0.188. The molecule has 0 saturated heterocycles. The van der Waals surface area contributed by atoms with E-state index in [4.69, 9.17) is 4.74 Å². The van der Waals surface area contributed by atoms with E-state index in [1.54, 1.807) is 7.11 Å². The SMILES string of the molecule is COCc1cccc(C(C#N)Nc2ccccc2)c1. The van der Waals surface area contributed by atoms with Crippen LogP contribution < -0.4 is 5.32 Å². The zero-order valence-corrected chi connectivity index (χ0v) is 10.8. The Labute approximate surface area is 113 Å². The molecular formula is C16H16N2O. The van der Waals surface area contributed by atoms with Crippen molar-refractivity contribution < 1.29 is 4.74 Å². The second kappa shape index (κ2) is 6.58. The molecule has 0 radical (unpaired) electrons. The van der Waals surface area contributed by atoms with Gasteiger partial charge in [0.2, 0.25) is 0 Å². The summed E-state index contributed by atoms with van der Waals surface area (Å²) in [6.07, 6.45) is 0. The Kier molecular flexibility index (Phi) is 4.54. The van der Waals surface area contributed by atoms with E-state index < -0.39 is 0 Å². The molecule has 0 fully saturated rings. The number of nitriles is 1. The number of nitrogens with zero attached hydrogens (tertiary/aromatic N) is 1. The molecule has 2 aromatic rings. The van der Waals surface area contributed by atoms with Crippen LogP contribution in [0.15, 0.2) is 54.6 Å². The molecule has 0 spiro atoms. The molecule has 0 amide bonds. The van der Waals surface area contributed by atoms with Crippen LogP contribution in [0.3, 0.4) is 0 Å². The number of methoxy groups -OCH3 is 1. The first-order chi connectivity index (χ1) is 9.33. The lowest BCUT2D eigenvalue weighted by Crippen LogP contribution is -2.08. The quantitative estimate of drug-likeness (QED) is 0.885. The molecule has 1 N–H and O–H groups in total. The molecule has 0 aliphatic rings. The number of anilines is 1. The van der Waals surface area contributed by atoms with Crippen LogP contribution in [-0.2, 0) is 11.3 Å². The topological polar surface area (TPSA) is 45.0 Å². The Morgan fingerprint density at radius 2 is 1.95 bits per heavy atom. The number of ether oxygens (including phenoxy) is 1. The summed E-state index contributed by atoms with van der Waals surface area (Å²) in [6, 6.07) is 19.5. The molecule has 3 heteroatoms. The summed E-state index contributed by atoms with van der Waals surface area (Å²) in [6.45, 7) is 0.553. The molecule has 0 heterocycles. The van der Waals surface area contributed by atoms with Crippen LogP contribution in [-0.4, -0.2) is 7.11 Å². The highest BCUT2D eigenvalue weighted by Crippen LogP contribution is 2.20. The van der Waals surface area contributed by atoms with Gasteiger partial charge in [-0.15, -0.1) is 0 Å². The normalized spacial score (nSPS) is 11.6. The maximum absolute atomic E-state index is 9.32. The van der Waals surface area contributed by atoms with E-state index in [0.717, 1.165) is 16.8 Å². The fourth-order valence-corrected chi connectivity index (χ4v) is 1.92. The molecule has 2 rings (SSSR count). The zero-order chi connectivity index (χ0) is 13.5. The van der Waals surface area contributed by atoms with Crippen molar-refractivity contribution in [3.8, 4) is 6.07 Å². The number of para-hydroxylation sites is 1.